The molecule has 0 aromatic carbocycles. The number of nitrogens with zero attached hydrogens (tertiary/aromatic N) is 1. The van der Waals surface area contributed by atoms with Gasteiger partial charge >= 0.3 is 0 Å². The predicted molar refractivity (Wildman–Crippen MR) is 95.1 cm³/mol. The van der Waals surface area contributed by atoms with Crippen molar-refractivity contribution in [2.45, 2.75) is 83.8 Å². The SMILES string of the molecule is CCOC(C)O[C@@H]1[C@@H](OCc2cccnc2)[C@]2(C)CC[C@@]1(C(C)C)O2. The summed E-state index contributed by atoms with van der Waals surface area (Å²) in [6, 6.07) is 3.96. The molecule has 2 aliphatic rings. The van der Waals surface area contributed by atoms with E-state index in [2.05, 4.69) is 25.8 Å². The van der Waals surface area contributed by atoms with Gasteiger partial charge in [-0.25, -0.2) is 0 Å². The Bertz CT molecular complexity index is 566. The van der Waals surface area contributed by atoms with E-state index in [1.807, 2.05) is 32.2 Å². The first kappa shape index (κ1) is 18.8. The Morgan fingerprint density at radius 1 is 1.28 bits per heavy atom. The molecule has 2 aliphatic heterocycles. The number of ether oxygens (including phenoxy) is 4. The number of rotatable bonds is 8. The Labute approximate surface area is 151 Å². The van der Waals surface area contributed by atoms with Crippen molar-refractivity contribution < 1.29 is 18.9 Å². The number of fused-ring (bicyclic) bond motifs is 2. The molecule has 2 bridgehead atoms. The quantitative estimate of drug-likeness (QED) is 0.670. The van der Waals surface area contributed by atoms with Crippen LogP contribution in [0.2, 0.25) is 0 Å². The fourth-order valence-corrected chi connectivity index (χ4v) is 4.29. The molecular weight excluding hydrogens is 318 g/mol. The molecule has 1 aromatic rings. The highest BCUT2D eigenvalue weighted by molar-refractivity contribution is 5.17. The standard InChI is InChI=1S/C20H31NO4/c1-6-22-15(4)24-18-17(23-13-16-8-7-11-21-12-16)19(5)9-10-20(18,25-19)14(2)3/h7-8,11-12,14-15,17-18H,6,9-10,13H2,1-5H3/t15?,17-,18-,19+,20+/m1/s1. The highest BCUT2D eigenvalue weighted by Gasteiger charge is 2.68. The summed E-state index contributed by atoms with van der Waals surface area (Å²) in [6.07, 6.45) is 5.07. The molecule has 2 saturated heterocycles. The lowest BCUT2D eigenvalue weighted by atomic mass is 9.73. The van der Waals surface area contributed by atoms with Crippen LogP contribution in [-0.2, 0) is 25.6 Å². The predicted octanol–water partition coefficient (Wildman–Crippen LogP) is 3.71. The van der Waals surface area contributed by atoms with Gasteiger partial charge in [0, 0.05) is 19.0 Å². The average Bonchev–Trinajstić information content (AvgIpc) is 3.05. The van der Waals surface area contributed by atoms with Crippen LogP contribution in [0.4, 0.5) is 0 Å². The zero-order valence-corrected chi connectivity index (χ0v) is 16.0. The first-order valence-electron chi connectivity index (χ1n) is 9.39. The van der Waals surface area contributed by atoms with Crippen molar-refractivity contribution in [3.63, 3.8) is 0 Å². The fourth-order valence-electron chi connectivity index (χ4n) is 4.29. The van der Waals surface area contributed by atoms with Gasteiger partial charge in [0.2, 0.25) is 0 Å². The maximum absolute atomic E-state index is 6.58. The van der Waals surface area contributed by atoms with Gasteiger partial charge in [0.15, 0.2) is 6.29 Å². The molecule has 0 saturated carbocycles. The minimum Gasteiger partial charge on any atom is -0.368 e. The molecule has 25 heavy (non-hydrogen) atoms. The molecule has 0 radical (unpaired) electrons. The van der Waals surface area contributed by atoms with Crippen LogP contribution < -0.4 is 0 Å². The molecule has 2 fully saturated rings. The third-order valence-electron chi connectivity index (χ3n) is 5.66. The molecule has 0 N–H and O–H groups in total. The second kappa shape index (κ2) is 7.31. The number of aromatic nitrogens is 1. The summed E-state index contributed by atoms with van der Waals surface area (Å²) in [4.78, 5) is 4.17. The van der Waals surface area contributed by atoms with Gasteiger partial charge in [0.05, 0.1) is 12.2 Å². The number of hydrogen-bond acceptors (Lipinski definition) is 5. The molecule has 1 aromatic heterocycles. The Balaban J connectivity index is 1.80. The highest BCUT2D eigenvalue weighted by Crippen LogP contribution is 2.56. The Kier molecular flexibility index (Phi) is 5.49. The zero-order valence-electron chi connectivity index (χ0n) is 16.0. The molecule has 5 atom stereocenters. The molecule has 3 rings (SSSR count). The molecule has 0 aliphatic carbocycles. The molecule has 1 unspecified atom stereocenters. The van der Waals surface area contributed by atoms with Crippen molar-refractivity contribution in [1.29, 1.82) is 0 Å². The largest absolute Gasteiger partial charge is 0.368 e. The summed E-state index contributed by atoms with van der Waals surface area (Å²) in [5.41, 5.74) is 0.437. The molecule has 0 amide bonds. The van der Waals surface area contributed by atoms with Crippen LogP contribution in [-0.4, -0.2) is 41.3 Å². The van der Waals surface area contributed by atoms with Gasteiger partial charge in [-0.15, -0.1) is 0 Å². The van der Waals surface area contributed by atoms with Crippen molar-refractivity contribution in [1.82, 2.24) is 4.98 Å². The molecule has 0 spiro atoms. The summed E-state index contributed by atoms with van der Waals surface area (Å²) in [5, 5.41) is 0. The van der Waals surface area contributed by atoms with Crippen LogP contribution in [0.25, 0.3) is 0 Å². The Morgan fingerprint density at radius 2 is 2.08 bits per heavy atom. The molecule has 140 valence electrons. The average molecular weight is 349 g/mol. The zero-order chi connectivity index (χ0) is 18.1. The Morgan fingerprint density at radius 3 is 2.72 bits per heavy atom. The lowest BCUT2D eigenvalue weighted by Gasteiger charge is -2.40. The van der Waals surface area contributed by atoms with E-state index in [4.69, 9.17) is 18.9 Å². The van der Waals surface area contributed by atoms with Gasteiger partial charge in [-0.2, -0.15) is 0 Å². The van der Waals surface area contributed by atoms with E-state index in [1.165, 1.54) is 0 Å². The van der Waals surface area contributed by atoms with Crippen LogP contribution in [0, 0.1) is 5.92 Å². The first-order chi connectivity index (χ1) is 11.9. The summed E-state index contributed by atoms with van der Waals surface area (Å²) in [5.74, 6) is 0.347. The maximum Gasteiger partial charge on any atom is 0.155 e. The third kappa shape index (κ3) is 3.47. The van der Waals surface area contributed by atoms with Crippen molar-refractivity contribution in [3.05, 3.63) is 30.1 Å². The van der Waals surface area contributed by atoms with E-state index in [9.17, 15) is 0 Å². The molecule has 5 nitrogen and oxygen atoms in total. The normalized spacial score (nSPS) is 35.4. The van der Waals surface area contributed by atoms with Crippen molar-refractivity contribution in [2.75, 3.05) is 6.61 Å². The van der Waals surface area contributed by atoms with Gasteiger partial charge in [-0.1, -0.05) is 19.9 Å². The lowest BCUT2D eigenvalue weighted by Crippen LogP contribution is -2.54. The van der Waals surface area contributed by atoms with Gasteiger partial charge < -0.3 is 18.9 Å². The lowest BCUT2D eigenvalue weighted by molar-refractivity contribution is -0.216. The van der Waals surface area contributed by atoms with Crippen molar-refractivity contribution in [3.8, 4) is 0 Å². The molecule has 3 heterocycles. The van der Waals surface area contributed by atoms with E-state index >= 15 is 0 Å². The second-order valence-electron chi connectivity index (χ2n) is 7.70. The summed E-state index contributed by atoms with van der Waals surface area (Å²) in [6.45, 7) is 11.6. The van der Waals surface area contributed by atoms with E-state index in [-0.39, 0.29) is 29.7 Å². The summed E-state index contributed by atoms with van der Waals surface area (Å²) < 4.78 is 24.9. The van der Waals surface area contributed by atoms with Crippen molar-refractivity contribution >= 4 is 0 Å². The van der Waals surface area contributed by atoms with Gasteiger partial charge in [-0.3, -0.25) is 4.98 Å². The maximum atomic E-state index is 6.58. The van der Waals surface area contributed by atoms with E-state index in [1.54, 1.807) is 6.20 Å². The van der Waals surface area contributed by atoms with E-state index in [0.717, 1.165) is 18.4 Å². The van der Waals surface area contributed by atoms with Gasteiger partial charge in [0.1, 0.15) is 17.8 Å². The number of hydrogen-bond donors (Lipinski definition) is 0. The van der Waals surface area contributed by atoms with Gasteiger partial charge in [-0.05, 0) is 51.2 Å². The smallest absolute Gasteiger partial charge is 0.155 e. The highest BCUT2D eigenvalue weighted by atomic mass is 16.7. The monoisotopic (exact) mass is 349 g/mol. The third-order valence-corrected chi connectivity index (χ3v) is 5.66. The first-order valence-corrected chi connectivity index (χ1v) is 9.39. The van der Waals surface area contributed by atoms with Crippen LogP contribution >= 0.6 is 0 Å². The van der Waals surface area contributed by atoms with Crippen LogP contribution in [0.5, 0.6) is 0 Å². The van der Waals surface area contributed by atoms with E-state index in [0.29, 0.717) is 19.1 Å². The summed E-state index contributed by atoms with van der Waals surface area (Å²) >= 11 is 0. The van der Waals surface area contributed by atoms with Crippen molar-refractivity contribution in [2.24, 2.45) is 5.92 Å². The fraction of sp³-hybridized carbons (Fsp3) is 0.750. The molecular formula is C20H31NO4. The molecule has 5 heteroatoms. The minimum absolute atomic E-state index is 0.119. The number of pyridine rings is 1. The topological polar surface area (TPSA) is 49.8 Å². The second-order valence-corrected chi connectivity index (χ2v) is 7.70. The minimum atomic E-state index is -0.316. The van der Waals surface area contributed by atoms with E-state index < -0.39 is 0 Å². The van der Waals surface area contributed by atoms with Crippen LogP contribution in [0.1, 0.15) is 53.0 Å². The Hall–Kier alpha value is -1.01. The van der Waals surface area contributed by atoms with Crippen LogP contribution in [0.15, 0.2) is 24.5 Å². The van der Waals surface area contributed by atoms with Gasteiger partial charge in [0.25, 0.3) is 0 Å². The summed E-state index contributed by atoms with van der Waals surface area (Å²) in [7, 11) is 0. The van der Waals surface area contributed by atoms with Crippen LogP contribution in [0.3, 0.4) is 0 Å².